The number of para-hydroxylation sites is 1. The third-order valence-corrected chi connectivity index (χ3v) is 4.12. The van der Waals surface area contributed by atoms with Crippen molar-refractivity contribution in [3.63, 3.8) is 0 Å². The fourth-order valence-corrected chi connectivity index (χ4v) is 2.75. The zero-order chi connectivity index (χ0) is 14.7. The Labute approximate surface area is 125 Å². The smallest absolute Gasteiger partial charge is 0.253 e. The SMILES string of the molecule is C[C@@H](NC(=O)c1ccccc1-n1cnnn1)c1cccs1. The fraction of sp³-hybridized carbons (Fsp3) is 0.143. The highest BCUT2D eigenvalue weighted by atomic mass is 32.1. The summed E-state index contributed by atoms with van der Waals surface area (Å²) in [5, 5.41) is 16.0. The first-order valence-electron chi connectivity index (χ1n) is 6.42. The molecular formula is C14H13N5OS. The van der Waals surface area contributed by atoms with Crippen LogP contribution in [-0.2, 0) is 0 Å². The van der Waals surface area contributed by atoms with E-state index in [1.807, 2.05) is 36.6 Å². The average Bonchev–Trinajstić information content (AvgIpc) is 3.20. The van der Waals surface area contributed by atoms with E-state index in [2.05, 4.69) is 20.8 Å². The number of nitrogens with zero attached hydrogens (tertiary/aromatic N) is 4. The lowest BCUT2D eigenvalue weighted by molar-refractivity contribution is 0.0940. The number of tetrazole rings is 1. The molecule has 1 amide bonds. The minimum atomic E-state index is -0.151. The molecule has 2 aromatic heterocycles. The molecule has 0 spiro atoms. The topological polar surface area (TPSA) is 72.7 Å². The van der Waals surface area contributed by atoms with Gasteiger partial charge >= 0.3 is 0 Å². The van der Waals surface area contributed by atoms with Gasteiger partial charge in [0.05, 0.1) is 17.3 Å². The second kappa shape index (κ2) is 5.84. The van der Waals surface area contributed by atoms with Gasteiger partial charge in [-0.3, -0.25) is 4.79 Å². The van der Waals surface area contributed by atoms with Crippen molar-refractivity contribution in [2.24, 2.45) is 0 Å². The maximum atomic E-state index is 12.5. The van der Waals surface area contributed by atoms with Gasteiger partial charge in [-0.2, -0.15) is 4.68 Å². The Morgan fingerprint density at radius 2 is 2.14 bits per heavy atom. The molecule has 1 atom stereocenters. The predicted molar refractivity (Wildman–Crippen MR) is 79.4 cm³/mol. The zero-order valence-electron chi connectivity index (χ0n) is 11.3. The van der Waals surface area contributed by atoms with E-state index in [1.54, 1.807) is 23.5 Å². The van der Waals surface area contributed by atoms with Crippen LogP contribution in [0.1, 0.15) is 28.2 Å². The van der Waals surface area contributed by atoms with Crippen molar-refractivity contribution >= 4 is 17.2 Å². The Morgan fingerprint density at radius 3 is 2.86 bits per heavy atom. The van der Waals surface area contributed by atoms with Crippen LogP contribution >= 0.6 is 11.3 Å². The van der Waals surface area contributed by atoms with Gasteiger partial charge in [0.15, 0.2) is 0 Å². The highest BCUT2D eigenvalue weighted by Gasteiger charge is 2.16. The molecule has 1 aromatic carbocycles. The summed E-state index contributed by atoms with van der Waals surface area (Å²) in [6.07, 6.45) is 1.47. The highest BCUT2D eigenvalue weighted by molar-refractivity contribution is 7.10. The maximum absolute atomic E-state index is 12.5. The fourth-order valence-electron chi connectivity index (χ4n) is 2.02. The molecule has 0 aliphatic heterocycles. The summed E-state index contributed by atoms with van der Waals surface area (Å²) in [6, 6.07) is 11.2. The molecule has 21 heavy (non-hydrogen) atoms. The number of benzene rings is 1. The van der Waals surface area contributed by atoms with Gasteiger partial charge in [0.2, 0.25) is 0 Å². The Bertz CT molecular complexity index is 724. The van der Waals surface area contributed by atoms with Crippen LogP contribution in [-0.4, -0.2) is 26.1 Å². The maximum Gasteiger partial charge on any atom is 0.253 e. The van der Waals surface area contributed by atoms with Crippen LogP contribution in [0.5, 0.6) is 0 Å². The summed E-state index contributed by atoms with van der Waals surface area (Å²) >= 11 is 1.62. The van der Waals surface area contributed by atoms with E-state index in [0.29, 0.717) is 11.3 Å². The van der Waals surface area contributed by atoms with E-state index < -0.39 is 0 Å². The van der Waals surface area contributed by atoms with Crippen LogP contribution in [0.3, 0.4) is 0 Å². The van der Waals surface area contributed by atoms with E-state index in [1.165, 1.54) is 11.0 Å². The Hall–Kier alpha value is -2.54. The van der Waals surface area contributed by atoms with Crippen molar-refractivity contribution in [1.82, 2.24) is 25.5 Å². The molecule has 2 heterocycles. The first-order valence-corrected chi connectivity index (χ1v) is 7.30. The summed E-state index contributed by atoms with van der Waals surface area (Å²) < 4.78 is 1.48. The van der Waals surface area contributed by atoms with Gasteiger partial charge in [-0.25, -0.2) is 0 Å². The molecule has 0 unspecified atom stereocenters. The van der Waals surface area contributed by atoms with Crippen molar-refractivity contribution in [1.29, 1.82) is 0 Å². The molecule has 3 aromatic rings. The second-order valence-corrected chi connectivity index (χ2v) is 5.46. The molecule has 6 nitrogen and oxygen atoms in total. The lowest BCUT2D eigenvalue weighted by Crippen LogP contribution is -2.27. The molecular weight excluding hydrogens is 286 g/mol. The van der Waals surface area contributed by atoms with E-state index in [-0.39, 0.29) is 11.9 Å². The van der Waals surface area contributed by atoms with Gasteiger partial charge in [-0.15, -0.1) is 16.4 Å². The Morgan fingerprint density at radius 1 is 1.29 bits per heavy atom. The lowest BCUT2D eigenvalue weighted by Gasteiger charge is -2.14. The van der Waals surface area contributed by atoms with Crippen LogP contribution < -0.4 is 5.32 Å². The van der Waals surface area contributed by atoms with Crippen molar-refractivity contribution in [3.05, 3.63) is 58.5 Å². The van der Waals surface area contributed by atoms with Gasteiger partial charge in [-0.1, -0.05) is 18.2 Å². The van der Waals surface area contributed by atoms with E-state index in [0.717, 1.165) is 4.88 Å². The molecule has 0 bridgehead atoms. The number of rotatable bonds is 4. The molecule has 1 N–H and O–H groups in total. The van der Waals surface area contributed by atoms with Gasteiger partial charge in [0, 0.05) is 4.88 Å². The number of carbonyl (C=O) groups is 1. The molecule has 7 heteroatoms. The summed E-state index contributed by atoms with van der Waals surface area (Å²) in [4.78, 5) is 13.6. The first-order chi connectivity index (χ1) is 10.3. The van der Waals surface area contributed by atoms with Gasteiger partial charge in [0.25, 0.3) is 5.91 Å². The molecule has 0 saturated carbocycles. The van der Waals surface area contributed by atoms with Gasteiger partial charge in [-0.05, 0) is 40.9 Å². The second-order valence-electron chi connectivity index (χ2n) is 4.48. The van der Waals surface area contributed by atoms with Gasteiger partial charge in [0.1, 0.15) is 6.33 Å². The average molecular weight is 299 g/mol. The largest absolute Gasteiger partial charge is 0.345 e. The molecule has 3 rings (SSSR count). The number of amides is 1. The van der Waals surface area contributed by atoms with Crippen LogP contribution in [0.4, 0.5) is 0 Å². The minimum absolute atomic E-state index is 0.0422. The number of hydrogen-bond donors (Lipinski definition) is 1. The van der Waals surface area contributed by atoms with Crippen LogP contribution in [0.25, 0.3) is 5.69 Å². The Balaban J connectivity index is 1.85. The summed E-state index contributed by atoms with van der Waals surface area (Å²) in [7, 11) is 0. The van der Waals surface area contributed by atoms with Crippen LogP contribution in [0.2, 0.25) is 0 Å². The molecule has 0 radical (unpaired) electrons. The quantitative estimate of drug-likeness (QED) is 0.801. The van der Waals surface area contributed by atoms with Crippen molar-refractivity contribution in [2.45, 2.75) is 13.0 Å². The molecule has 0 aliphatic carbocycles. The minimum Gasteiger partial charge on any atom is -0.345 e. The van der Waals surface area contributed by atoms with Crippen LogP contribution in [0, 0.1) is 0 Å². The third-order valence-electron chi connectivity index (χ3n) is 3.06. The molecule has 0 aliphatic rings. The zero-order valence-corrected chi connectivity index (χ0v) is 12.1. The summed E-state index contributed by atoms with van der Waals surface area (Å²) in [5.41, 5.74) is 1.19. The number of carbonyl (C=O) groups excluding carboxylic acids is 1. The standard InChI is InChI=1S/C14H13N5OS/c1-10(13-7-4-8-21-13)16-14(20)11-5-2-3-6-12(11)19-9-15-17-18-19/h2-10H,1H3,(H,16,20)/t10-/m1/s1. The number of thiophene rings is 1. The van der Waals surface area contributed by atoms with Crippen LogP contribution in [0.15, 0.2) is 48.1 Å². The lowest BCUT2D eigenvalue weighted by atomic mass is 10.1. The number of hydrogen-bond acceptors (Lipinski definition) is 5. The summed E-state index contributed by atoms with van der Waals surface area (Å²) in [5.74, 6) is -0.151. The molecule has 106 valence electrons. The first kappa shape index (κ1) is 13.4. The molecule has 0 fully saturated rings. The summed E-state index contributed by atoms with van der Waals surface area (Å²) in [6.45, 7) is 1.96. The van der Waals surface area contributed by atoms with E-state index >= 15 is 0 Å². The number of aromatic nitrogens is 4. The Kier molecular flexibility index (Phi) is 3.74. The third kappa shape index (κ3) is 2.82. The highest BCUT2D eigenvalue weighted by Crippen LogP contribution is 2.20. The van der Waals surface area contributed by atoms with Crippen molar-refractivity contribution in [3.8, 4) is 5.69 Å². The van der Waals surface area contributed by atoms with E-state index in [9.17, 15) is 4.79 Å². The molecule has 0 saturated heterocycles. The van der Waals surface area contributed by atoms with E-state index in [4.69, 9.17) is 0 Å². The normalized spacial score (nSPS) is 12.0. The number of nitrogens with one attached hydrogen (secondary N) is 1. The van der Waals surface area contributed by atoms with Crippen molar-refractivity contribution < 1.29 is 4.79 Å². The van der Waals surface area contributed by atoms with Crippen molar-refractivity contribution in [2.75, 3.05) is 0 Å². The monoisotopic (exact) mass is 299 g/mol. The predicted octanol–water partition coefficient (Wildman–Crippen LogP) is 2.21. The van der Waals surface area contributed by atoms with Gasteiger partial charge < -0.3 is 5.32 Å².